The Morgan fingerprint density at radius 2 is 2.00 bits per heavy atom. The van der Waals surface area contributed by atoms with Crippen molar-refractivity contribution < 1.29 is 38.1 Å². The molecule has 2 aromatic heterocycles. The number of carbonyl (C=O) groups is 3. The maximum Gasteiger partial charge on any atom is 0.343 e. The molecular formula is C32H34FN3O8. The number of rotatable bonds is 8. The van der Waals surface area contributed by atoms with Gasteiger partial charge in [-0.05, 0) is 55.9 Å². The molecule has 1 amide bonds. The Morgan fingerprint density at radius 3 is 2.73 bits per heavy atom. The predicted octanol–water partition coefficient (Wildman–Crippen LogP) is 2.94. The van der Waals surface area contributed by atoms with Crippen LogP contribution in [0.3, 0.4) is 0 Å². The second kappa shape index (κ2) is 11.1. The van der Waals surface area contributed by atoms with Crippen molar-refractivity contribution in [3.8, 4) is 11.4 Å². The number of fused-ring (bicyclic) bond motifs is 5. The zero-order chi connectivity index (χ0) is 31.5. The highest BCUT2D eigenvalue weighted by atomic mass is 19.1. The summed E-state index contributed by atoms with van der Waals surface area (Å²) in [6.07, 6.45) is 1.07. The van der Waals surface area contributed by atoms with E-state index in [1.54, 1.807) is 38.8 Å². The summed E-state index contributed by atoms with van der Waals surface area (Å²) in [7, 11) is 1.68. The number of esters is 2. The van der Waals surface area contributed by atoms with Gasteiger partial charge in [-0.2, -0.15) is 0 Å². The SMILES string of the molecule is CCOC(=O)CCOCC(=O)N(C)[C@H]1CCc2c(C)c(F)cc3nc4c(c1c23)Cn1c-4cc2c(c1=O)COC(=O)[C@]2(O)CC. The van der Waals surface area contributed by atoms with Gasteiger partial charge in [-0.15, -0.1) is 0 Å². The molecule has 3 aliphatic rings. The first-order valence-corrected chi connectivity index (χ1v) is 14.8. The Kier molecular flexibility index (Phi) is 7.53. The van der Waals surface area contributed by atoms with E-state index in [1.807, 2.05) is 0 Å². The number of aromatic nitrogens is 2. The van der Waals surface area contributed by atoms with Crippen LogP contribution in [-0.4, -0.2) is 64.3 Å². The van der Waals surface area contributed by atoms with Crippen LogP contribution in [0.15, 0.2) is 16.9 Å². The molecule has 2 atom stereocenters. The van der Waals surface area contributed by atoms with Crippen molar-refractivity contribution in [3.05, 3.63) is 61.7 Å². The molecule has 0 unspecified atom stereocenters. The second-order valence-electron chi connectivity index (χ2n) is 11.5. The summed E-state index contributed by atoms with van der Waals surface area (Å²) in [4.78, 5) is 57.8. The number of halogens is 1. The smallest absolute Gasteiger partial charge is 0.343 e. The van der Waals surface area contributed by atoms with Crippen molar-refractivity contribution >= 4 is 28.7 Å². The van der Waals surface area contributed by atoms with Gasteiger partial charge in [0.15, 0.2) is 5.60 Å². The molecule has 0 spiro atoms. The van der Waals surface area contributed by atoms with Crippen molar-refractivity contribution in [2.45, 2.75) is 71.2 Å². The van der Waals surface area contributed by atoms with E-state index >= 15 is 4.39 Å². The van der Waals surface area contributed by atoms with E-state index in [2.05, 4.69) is 0 Å². The molecule has 44 heavy (non-hydrogen) atoms. The lowest BCUT2D eigenvalue weighted by Gasteiger charge is -2.35. The largest absolute Gasteiger partial charge is 0.466 e. The number of amides is 1. The molecule has 4 heterocycles. The average Bonchev–Trinajstić information content (AvgIpc) is 3.38. The van der Waals surface area contributed by atoms with Gasteiger partial charge in [0.1, 0.15) is 19.0 Å². The van der Waals surface area contributed by atoms with Crippen LogP contribution in [0.2, 0.25) is 0 Å². The van der Waals surface area contributed by atoms with Crippen molar-refractivity contribution in [3.63, 3.8) is 0 Å². The van der Waals surface area contributed by atoms with Gasteiger partial charge in [0.05, 0.1) is 54.7 Å². The Hall–Kier alpha value is -4.16. The summed E-state index contributed by atoms with van der Waals surface area (Å²) in [6.45, 7) is 5.04. The molecule has 232 valence electrons. The van der Waals surface area contributed by atoms with Crippen LogP contribution in [-0.2, 0) is 53.8 Å². The lowest BCUT2D eigenvalue weighted by molar-refractivity contribution is -0.172. The first-order chi connectivity index (χ1) is 21.0. The van der Waals surface area contributed by atoms with Crippen molar-refractivity contribution in [2.75, 3.05) is 26.9 Å². The van der Waals surface area contributed by atoms with E-state index < -0.39 is 35.0 Å². The number of hydrogen-bond acceptors (Lipinski definition) is 9. The minimum absolute atomic E-state index is 0.00959. The number of aliphatic hydroxyl groups is 1. The number of ether oxygens (including phenoxy) is 3. The highest BCUT2D eigenvalue weighted by molar-refractivity contribution is 5.94. The zero-order valence-corrected chi connectivity index (χ0v) is 25.1. The van der Waals surface area contributed by atoms with E-state index in [9.17, 15) is 24.3 Å². The Morgan fingerprint density at radius 1 is 1.23 bits per heavy atom. The summed E-state index contributed by atoms with van der Waals surface area (Å²) < 4.78 is 32.3. The van der Waals surface area contributed by atoms with Crippen LogP contribution in [0, 0.1) is 12.7 Å². The molecule has 0 saturated carbocycles. The Bertz CT molecular complexity index is 1800. The molecule has 11 nitrogen and oxygen atoms in total. The van der Waals surface area contributed by atoms with Gasteiger partial charge >= 0.3 is 11.9 Å². The van der Waals surface area contributed by atoms with E-state index in [0.717, 1.165) is 22.1 Å². The molecule has 1 N–H and O–H groups in total. The third kappa shape index (κ3) is 4.50. The number of carbonyl (C=O) groups excluding carboxylic acids is 3. The van der Waals surface area contributed by atoms with Crippen LogP contribution >= 0.6 is 0 Å². The first kappa shape index (κ1) is 29.9. The van der Waals surface area contributed by atoms with Crippen molar-refractivity contribution in [1.29, 1.82) is 0 Å². The van der Waals surface area contributed by atoms with Crippen LogP contribution in [0.4, 0.5) is 4.39 Å². The van der Waals surface area contributed by atoms with E-state index in [0.29, 0.717) is 35.3 Å². The fraction of sp³-hybridized carbons (Fsp3) is 0.469. The predicted molar refractivity (Wildman–Crippen MR) is 155 cm³/mol. The van der Waals surface area contributed by atoms with Crippen LogP contribution in [0.1, 0.15) is 72.5 Å². The molecule has 1 aliphatic carbocycles. The molecular weight excluding hydrogens is 573 g/mol. The monoisotopic (exact) mass is 607 g/mol. The molecule has 0 bridgehead atoms. The highest BCUT2D eigenvalue weighted by Gasteiger charge is 2.46. The Labute approximate surface area is 252 Å². The first-order valence-electron chi connectivity index (χ1n) is 14.8. The van der Waals surface area contributed by atoms with Gasteiger partial charge < -0.3 is 28.8 Å². The Balaban J connectivity index is 1.45. The summed E-state index contributed by atoms with van der Waals surface area (Å²) in [5.74, 6) is -1.91. The van der Waals surface area contributed by atoms with E-state index in [1.165, 1.54) is 10.6 Å². The van der Waals surface area contributed by atoms with Gasteiger partial charge in [-0.25, -0.2) is 14.2 Å². The lowest BCUT2D eigenvalue weighted by Crippen LogP contribution is -2.44. The molecule has 0 saturated heterocycles. The standard InChI is InChI=1S/C32H34FN3O8/c1-5-32(41)20-11-24-29-18(13-36(24)30(39)19(20)14-44-31(32)40)28-23(35(4)25(37)15-42-10-9-26(38)43-6-2)8-7-17-16(3)21(33)12-22(34-29)27(17)28/h11-12,23,41H,5-10,13-15H2,1-4H3/t23-,32-/m0/s1. The molecule has 1 aromatic carbocycles. The van der Waals surface area contributed by atoms with Gasteiger partial charge in [0.2, 0.25) is 5.91 Å². The number of benzene rings is 1. The highest BCUT2D eigenvalue weighted by Crippen LogP contribution is 2.47. The van der Waals surface area contributed by atoms with Gasteiger partial charge in [-0.3, -0.25) is 14.4 Å². The minimum atomic E-state index is -1.98. The number of nitrogens with zero attached hydrogens (tertiary/aromatic N) is 3. The van der Waals surface area contributed by atoms with E-state index in [4.69, 9.17) is 19.2 Å². The lowest BCUT2D eigenvalue weighted by atomic mass is 9.81. The van der Waals surface area contributed by atoms with Gasteiger partial charge in [0, 0.05) is 29.6 Å². The van der Waals surface area contributed by atoms with Gasteiger partial charge in [-0.1, -0.05) is 6.92 Å². The summed E-state index contributed by atoms with van der Waals surface area (Å²) in [6, 6.07) is 2.57. The third-order valence-corrected chi connectivity index (χ3v) is 9.19. The van der Waals surface area contributed by atoms with Crippen molar-refractivity contribution in [2.24, 2.45) is 0 Å². The fourth-order valence-corrected chi connectivity index (χ4v) is 6.74. The number of aryl methyl sites for hydroxylation is 1. The molecule has 3 aromatic rings. The van der Waals surface area contributed by atoms with Crippen LogP contribution < -0.4 is 5.56 Å². The quantitative estimate of drug-likeness (QED) is 0.237. The topological polar surface area (TPSA) is 137 Å². The number of pyridine rings is 2. The average molecular weight is 608 g/mol. The fourth-order valence-electron chi connectivity index (χ4n) is 6.74. The second-order valence-corrected chi connectivity index (χ2v) is 11.5. The molecule has 0 radical (unpaired) electrons. The zero-order valence-electron chi connectivity index (χ0n) is 25.1. The normalized spacial score (nSPS) is 19.7. The summed E-state index contributed by atoms with van der Waals surface area (Å²) >= 11 is 0. The minimum Gasteiger partial charge on any atom is -0.466 e. The molecule has 6 rings (SSSR count). The van der Waals surface area contributed by atoms with Crippen LogP contribution in [0.25, 0.3) is 22.3 Å². The van der Waals surface area contributed by atoms with Crippen LogP contribution in [0.5, 0.6) is 0 Å². The number of likely N-dealkylation sites (N-methyl/N-ethyl adjacent to an activating group) is 1. The summed E-state index contributed by atoms with van der Waals surface area (Å²) in [5.41, 5.74) is 2.11. The maximum absolute atomic E-state index is 15.1. The molecule has 0 fully saturated rings. The summed E-state index contributed by atoms with van der Waals surface area (Å²) in [5, 5.41) is 12.0. The number of cyclic esters (lactones) is 1. The number of hydrogen-bond donors (Lipinski definition) is 1. The van der Waals surface area contributed by atoms with Crippen molar-refractivity contribution in [1.82, 2.24) is 14.5 Å². The van der Waals surface area contributed by atoms with Gasteiger partial charge in [0.25, 0.3) is 5.56 Å². The molecule has 12 heteroatoms. The van der Waals surface area contributed by atoms with E-state index in [-0.39, 0.29) is 62.8 Å². The maximum atomic E-state index is 15.1. The third-order valence-electron chi connectivity index (χ3n) is 9.19. The molecule has 2 aliphatic heterocycles.